The molecule has 0 radical (unpaired) electrons. The zero-order chi connectivity index (χ0) is 20.1. The van der Waals surface area contributed by atoms with Gasteiger partial charge in [-0.1, -0.05) is 60.1 Å². The molecule has 7 heteroatoms. The van der Waals surface area contributed by atoms with Gasteiger partial charge in [-0.15, -0.1) is 0 Å². The first-order chi connectivity index (χ1) is 13.4. The number of nitrogens with one attached hydrogen (secondary N) is 1. The molecule has 0 aliphatic heterocycles. The van der Waals surface area contributed by atoms with Crippen molar-refractivity contribution in [2.75, 3.05) is 11.4 Å². The van der Waals surface area contributed by atoms with E-state index in [0.29, 0.717) is 23.4 Å². The van der Waals surface area contributed by atoms with E-state index in [-0.39, 0.29) is 18.1 Å². The van der Waals surface area contributed by atoms with Crippen LogP contribution in [0.4, 0.5) is 10.7 Å². The van der Waals surface area contributed by atoms with Crippen LogP contribution in [0, 0.1) is 5.92 Å². The normalized spacial score (nSPS) is 11.0. The van der Waals surface area contributed by atoms with Crippen molar-refractivity contribution in [3.8, 4) is 0 Å². The number of carbonyl (C=O) groups is 1. The van der Waals surface area contributed by atoms with E-state index in [1.54, 1.807) is 12.1 Å². The number of hydrogen-bond acceptors (Lipinski definition) is 4. The largest absolute Gasteiger partial charge is 0.444 e. The number of H-pyrrole nitrogens is 1. The van der Waals surface area contributed by atoms with Crippen molar-refractivity contribution in [3.05, 3.63) is 68.9 Å². The Balaban J connectivity index is 1.88. The minimum absolute atomic E-state index is 0.155. The number of aromatic nitrogens is 2. The second kappa shape index (κ2) is 9.01. The van der Waals surface area contributed by atoms with Gasteiger partial charge < -0.3 is 4.74 Å². The van der Waals surface area contributed by atoms with Gasteiger partial charge in [0.05, 0.1) is 10.9 Å². The van der Waals surface area contributed by atoms with Crippen LogP contribution in [0.2, 0.25) is 0 Å². The Morgan fingerprint density at radius 1 is 1.21 bits per heavy atom. The number of halogens is 1. The molecule has 0 aliphatic rings. The average Bonchev–Trinajstić information content (AvgIpc) is 2.67. The van der Waals surface area contributed by atoms with Crippen molar-refractivity contribution in [2.24, 2.45) is 5.92 Å². The predicted molar refractivity (Wildman–Crippen MR) is 113 cm³/mol. The summed E-state index contributed by atoms with van der Waals surface area (Å²) in [5, 5.41) is 0.458. The van der Waals surface area contributed by atoms with Crippen LogP contribution in [-0.4, -0.2) is 22.6 Å². The molecule has 1 aromatic heterocycles. The summed E-state index contributed by atoms with van der Waals surface area (Å²) in [5.74, 6) is 0.575. The van der Waals surface area contributed by atoms with Crippen LogP contribution < -0.4 is 10.5 Å². The first kappa shape index (κ1) is 20.1. The van der Waals surface area contributed by atoms with Crippen LogP contribution in [0.1, 0.15) is 25.8 Å². The van der Waals surface area contributed by atoms with E-state index in [1.165, 1.54) is 4.90 Å². The van der Waals surface area contributed by atoms with Crippen molar-refractivity contribution in [3.63, 3.8) is 0 Å². The fourth-order valence-electron chi connectivity index (χ4n) is 2.69. The number of aromatic amines is 1. The third kappa shape index (κ3) is 4.98. The van der Waals surface area contributed by atoms with Gasteiger partial charge >= 0.3 is 6.09 Å². The van der Waals surface area contributed by atoms with Crippen molar-refractivity contribution >= 4 is 38.9 Å². The summed E-state index contributed by atoms with van der Waals surface area (Å²) < 4.78 is 6.26. The van der Waals surface area contributed by atoms with Gasteiger partial charge in [0, 0.05) is 11.0 Å². The standard InChI is InChI=1S/C21H22BrN3O3/c1-14(2)10-11-25(21(27)28-13-15-6-4-3-5-7-15)20-23-18-9-8-16(22)12-17(18)19(26)24-20/h3-9,12,14H,10-11,13H2,1-2H3,(H,23,24,26). The van der Waals surface area contributed by atoms with Crippen LogP contribution in [-0.2, 0) is 11.3 Å². The highest BCUT2D eigenvalue weighted by Crippen LogP contribution is 2.19. The third-order valence-electron chi connectivity index (χ3n) is 4.27. The van der Waals surface area contributed by atoms with Crippen molar-refractivity contribution in [1.29, 1.82) is 0 Å². The molecule has 0 spiro atoms. The van der Waals surface area contributed by atoms with Crippen LogP contribution >= 0.6 is 15.9 Å². The highest BCUT2D eigenvalue weighted by molar-refractivity contribution is 9.10. The number of anilines is 1. The smallest absolute Gasteiger partial charge is 0.416 e. The van der Waals surface area contributed by atoms with Crippen LogP contribution in [0.15, 0.2) is 57.8 Å². The number of rotatable bonds is 6. The van der Waals surface area contributed by atoms with E-state index in [0.717, 1.165) is 16.5 Å². The van der Waals surface area contributed by atoms with Crippen LogP contribution in [0.5, 0.6) is 0 Å². The first-order valence-corrected chi connectivity index (χ1v) is 9.91. The van der Waals surface area contributed by atoms with E-state index in [4.69, 9.17) is 4.74 Å². The topological polar surface area (TPSA) is 75.3 Å². The number of amides is 1. The number of carbonyl (C=O) groups excluding carboxylic acids is 1. The summed E-state index contributed by atoms with van der Waals surface area (Å²) in [4.78, 5) is 33.9. The lowest BCUT2D eigenvalue weighted by Crippen LogP contribution is -2.35. The zero-order valence-electron chi connectivity index (χ0n) is 15.8. The molecule has 1 amide bonds. The number of benzene rings is 2. The molecular weight excluding hydrogens is 422 g/mol. The average molecular weight is 444 g/mol. The van der Waals surface area contributed by atoms with Crippen molar-refractivity contribution < 1.29 is 9.53 Å². The molecule has 0 saturated carbocycles. The second-order valence-electron chi connectivity index (χ2n) is 6.93. The maximum atomic E-state index is 12.8. The van der Waals surface area contributed by atoms with E-state index >= 15 is 0 Å². The zero-order valence-corrected chi connectivity index (χ0v) is 17.4. The summed E-state index contributed by atoms with van der Waals surface area (Å²) in [7, 11) is 0. The van der Waals surface area contributed by atoms with E-state index < -0.39 is 6.09 Å². The van der Waals surface area contributed by atoms with E-state index in [9.17, 15) is 9.59 Å². The molecular formula is C21H22BrN3O3. The Kier molecular flexibility index (Phi) is 6.46. The molecule has 0 saturated heterocycles. The number of ether oxygens (including phenoxy) is 1. The summed E-state index contributed by atoms with van der Waals surface area (Å²) >= 11 is 3.36. The maximum absolute atomic E-state index is 12.8. The minimum atomic E-state index is -0.538. The van der Waals surface area contributed by atoms with Crippen molar-refractivity contribution in [2.45, 2.75) is 26.9 Å². The SMILES string of the molecule is CC(C)CCN(C(=O)OCc1ccccc1)c1nc2ccc(Br)cc2c(=O)[nH]1. The number of hydrogen-bond donors (Lipinski definition) is 1. The molecule has 146 valence electrons. The monoisotopic (exact) mass is 443 g/mol. The number of fused-ring (bicyclic) bond motifs is 1. The third-order valence-corrected chi connectivity index (χ3v) is 4.76. The number of nitrogens with zero attached hydrogens (tertiary/aromatic N) is 2. The van der Waals surface area contributed by atoms with Gasteiger partial charge in [0.15, 0.2) is 0 Å². The lowest BCUT2D eigenvalue weighted by Gasteiger charge is -2.22. The van der Waals surface area contributed by atoms with Gasteiger partial charge in [0.1, 0.15) is 6.61 Å². The Hall–Kier alpha value is -2.67. The van der Waals surface area contributed by atoms with Gasteiger partial charge in [0.25, 0.3) is 5.56 Å². The molecule has 3 rings (SSSR count). The molecule has 6 nitrogen and oxygen atoms in total. The van der Waals surface area contributed by atoms with E-state index in [2.05, 4.69) is 39.7 Å². The fourth-order valence-corrected chi connectivity index (χ4v) is 3.06. The molecule has 3 aromatic rings. The van der Waals surface area contributed by atoms with Crippen LogP contribution in [0.3, 0.4) is 0 Å². The van der Waals surface area contributed by atoms with Gasteiger partial charge in [0.2, 0.25) is 5.95 Å². The molecule has 0 atom stereocenters. The molecule has 28 heavy (non-hydrogen) atoms. The lowest BCUT2D eigenvalue weighted by molar-refractivity contribution is 0.146. The van der Waals surface area contributed by atoms with Gasteiger partial charge in [-0.25, -0.2) is 14.7 Å². The summed E-state index contributed by atoms with van der Waals surface area (Å²) in [6.45, 7) is 4.70. The molecule has 1 heterocycles. The van der Waals surface area contributed by atoms with Crippen LogP contribution in [0.25, 0.3) is 10.9 Å². The predicted octanol–water partition coefficient (Wildman–Crippen LogP) is 4.87. The molecule has 0 fully saturated rings. The highest BCUT2D eigenvalue weighted by Gasteiger charge is 2.21. The van der Waals surface area contributed by atoms with E-state index in [1.807, 2.05) is 36.4 Å². The summed E-state index contributed by atoms with van der Waals surface area (Å²) in [5.41, 5.74) is 1.11. The Bertz CT molecular complexity index is 1020. The first-order valence-electron chi connectivity index (χ1n) is 9.12. The Morgan fingerprint density at radius 2 is 1.96 bits per heavy atom. The maximum Gasteiger partial charge on any atom is 0.416 e. The Labute approximate surface area is 171 Å². The van der Waals surface area contributed by atoms with Gasteiger partial charge in [-0.3, -0.25) is 9.78 Å². The second-order valence-corrected chi connectivity index (χ2v) is 7.84. The molecule has 0 unspecified atom stereocenters. The van der Waals surface area contributed by atoms with Crippen molar-refractivity contribution in [1.82, 2.24) is 9.97 Å². The van der Waals surface area contributed by atoms with Gasteiger partial charge in [-0.05, 0) is 36.1 Å². The summed E-state index contributed by atoms with van der Waals surface area (Å²) in [6.07, 6.45) is 0.215. The fraction of sp³-hybridized carbons (Fsp3) is 0.286. The Morgan fingerprint density at radius 3 is 2.68 bits per heavy atom. The lowest BCUT2D eigenvalue weighted by atomic mass is 10.1. The molecule has 2 aromatic carbocycles. The molecule has 0 aliphatic carbocycles. The molecule has 1 N–H and O–H groups in total. The molecule has 0 bridgehead atoms. The minimum Gasteiger partial charge on any atom is -0.444 e. The quantitative estimate of drug-likeness (QED) is 0.589. The van der Waals surface area contributed by atoms with Gasteiger partial charge in [-0.2, -0.15) is 0 Å². The highest BCUT2D eigenvalue weighted by atomic mass is 79.9. The summed E-state index contributed by atoms with van der Waals surface area (Å²) in [6, 6.07) is 14.7.